The molecule has 2 rings (SSSR count). The number of nitrogens with zero attached hydrogens (tertiary/aromatic N) is 1. The number of hydrogen-bond donors (Lipinski definition) is 4. The quantitative estimate of drug-likeness (QED) is 0.184. The Kier molecular flexibility index (Phi) is 13.5. The van der Waals surface area contributed by atoms with Crippen LogP contribution >= 0.6 is 0 Å². The van der Waals surface area contributed by atoms with E-state index in [2.05, 4.69) is 11.9 Å². The SMILES string of the molecule is C=CCO[C@]1(C)C[C@@H](C)NC(=O)[C@H](C)[C@@H](O)[C@](C)(O)[C@@H](CC)OC(=O)[C@H](C)C(=O)[C@H](C)[C@H]1O[C@@H]1O[C@H](C)C[C@H](N(C)C)[C@H]1O. The normalized spacial score (nSPS) is 43.5. The van der Waals surface area contributed by atoms with Crippen molar-refractivity contribution < 1.29 is 48.7 Å². The molecule has 2 fully saturated rings. The number of aliphatic hydroxyl groups excluding tert-OH is 2. The second-order valence-electron chi connectivity index (χ2n) is 13.4. The Balaban J connectivity index is 2.66. The van der Waals surface area contributed by atoms with Gasteiger partial charge in [0.05, 0.1) is 36.4 Å². The number of ketones is 1. The zero-order valence-corrected chi connectivity index (χ0v) is 28.1. The minimum Gasteiger partial charge on any atom is -0.459 e. The molecule has 0 spiro atoms. The van der Waals surface area contributed by atoms with Crippen molar-refractivity contribution in [3.8, 4) is 0 Å². The van der Waals surface area contributed by atoms with Crippen molar-refractivity contribution >= 4 is 17.7 Å². The highest BCUT2D eigenvalue weighted by Crippen LogP contribution is 2.36. The minimum absolute atomic E-state index is 0.0799. The molecule has 2 saturated heterocycles. The predicted octanol–water partition coefficient (Wildman–Crippen LogP) is 1.58. The lowest BCUT2D eigenvalue weighted by Crippen LogP contribution is -2.60. The van der Waals surface area contributed by atoms with Crippen LogP contribution in [0.2, 0.25) is 0 Å². The van der Waals surface area contributed by atoms with Gasteiger partial charge in [-0.15, -0.1) is 6.58 Å². The minimum atomic E-state index is -1.99. The maximum Gasteiger partial charge on any atom is 0.316 e. The third-order valence-corrected chi connectivity index (χ3v) is 9.24. The van der Waals surface area contributed by atoms with Gasteiger partial charge in [0.25, 0.3) is 0 Å². The molecule has 0 aliphatic carbocycles. The van der Waals surface area contributed by atoms with Crippen LogP contribution < -0.4 is 5.32 Å². The van der Waals surface area contributed by atoms with E-state index in [1.54, 1.807) is 33.8 Å². The number of ether oxygens (including phenoxy) is 4. The molecule has 2 heterocycles. The molecule has 13 atom stereocenters. The molecule has 12 heteroatoms. The smallest absolute Gasteiger partial charge is 0.316 e. The number of rotatable bonds is 7. The van der Waals surface area contributed by atoms with E-state index >= 15 is 0 Å². The number of cyclic esters (lactones) is 1. The van der Waals surface area contributed by atoms with Crippen LogP contribution in [-0.4, -0.2) is 119 Å². The number of hydrogen-bond acceptors (Lipinski definition) is 11. The summed E-state index contributed by atoms with van der Waals surface area (Å²) in [4.78, 5) is 42.5. The molecule has 4 N–H and O–H groups in total. The molecule has 1 amide bonds. The van der Waals surface area contributed by atoms with Crippen LogP contribution in [0.25, 0.3) is 0 Å². The van der Waals surface area contributed by atoms with Gasteiger partial charge in [0.15, 0.2) is 12.1 Å². The number of aliphatic hydroxyl groups is 3. The summed E-state index contributed by atoms with van der Waals surface area (Å²) in [5.74, 6) is -5.25. The average Bonchev–Trinajstić information content (AvgIpc) is 2.95. The predicted molar refractivity (Wildman–Crippen MR) is 163 cm³/mol. The van der Waals surface area contributed by atoms with E-state index in [9.17, 15) is 29.7 Å². The molecule has 12 nitrogen and oxygen atoms in total. The van der Waals surface area contributed by atoms with Gasteiger partial charge in [0.2, 0.25) is 5.91 Å². The first-order valence-corrected chi connectivity index (χ1v) is 15.7. The monoisotopic (exact) mass is 628 g/mol. The third kappa shape index (κ3) is 8.65. The van der Waals surface area contributed by atoms with Crippen molar-refractivity contribution in [2.45, 2.75) is 135 Å². The molecule has 0 radical (unpaired) electrons. The van der Waals surface area contributed by atoms with Crippen molar-refractivity contribution in [2.75, 3.05) is 20.7 Å². The average molecular weight is 629 g/mol. The van der Waals surface area contributed by atoms with Gasteiger partial charge in [-0.05, 0) is 68.0 Å². The van der Waals surface area contributed by atoms with Crippen molar-refractivity contribution in [3.05, 3.63) is 12.7 Å². The molecule has 2 aliphatic rings. The Morgan fingerprint density at radius 1 is 1.09 bits per heavy atom. The van der Waals surface area contributed by atoms with E-state index in [1.807, 2.05) is 25.9 Å². The number of carbonyl (C=O) groups excluding carboxylic acids is 3. The Bertz CT molecular complexity index is 1010. The van der Waals surface area contributed by atoms with Crippen LogP contribution in [0.3, 0.4) is 0 Å². The van der Waals surface area contributed by atoms with Crippen LogP contribution in [-0.2, 0) is 33.3 Å². The van der Waals surface area contributed by atoms with Gasteiger partial charge in [-0.2, -0.15) is 0 Å². The van der Waals surface area contributed by atoms with Crippen molar-refractivity contribution in [1.82, 2.24) is 10.2 Å². The van der Waals surface area contributed by atoms with Crippen LogP contribution in [0.4, 0.5) is 0 Å². The second-order valence-corrected chi connectivity index (χ2v) is 13.4. The highest BCUT2D eigenvalue weighted by atomic mass is 16.7. The summed E-state index contributed by atoms with van der Waals surface area (Å²) >= 11 is 0. The van der Waals surface area contributed by atoms with Crippen LogP contribution in [0.1, 0.15) is 74.7 Å². The Morgan fingerprint density at radius 2 is 1.70 bits per heavy atom. The summed E-state index contributed by atoms with van der Waals surface area (Å²) in [5.41, 5.74) is -3.25. The molecule has 254 valence electrons. The first-order valence-electron chi connectivity index (χ1n) is 15.7. The van der Waals surface area contributed by atoms with Gasteiger partial charge in [-0.25, -0.2) is 0 Å². The van der Waals surface area contributed by atoms with E-state index < -0.39 is 83.4 Å². The Labute approximate surface area is 262 Å². The molecular formula is C32H56N2O10. The molecule has 0 saturated carbocycles. The second kappa shape index (κ2) is 15.6. The lowest BCUT2D eigenvalue weighted by atomic mass is 9.79. The summed E-state index contributed by atoms with van der Waals surface area (Å²) < 4.78 is 24.5. The number of nitrogens with one attached hydrogen (secondary N) is 1. The van der Waals surface area contributed by atoms with Crippen molar-refractivity contribution in [3.63, 3.8) is 0 Å². The molecule has 0 aromatic rings. The standard InChI is InChI=1S/C32H56N2O10/c1-12-14-41-31(8)16-17(3)33-28(38)21(7)26(37)32(9,40)23(13-2)43-29(39)20(6)24(35)19(5)27(31)44-30-25(36)22(34(10)11)15-18(4)42-30/h12,17-23,25-27,30,36-37,40H,1,13-16H2,2-11H3,(H,33,38)/t17-,18-,19+,20-,21-,22+,23-,25-,26-,27-,30+,31-,32-/m1/s1. The molecule has 44 heavy (non-hydrogen) atoms. The van der Waals surface area contributed by atoms with Gasteiger partial charge < -0.3 is 44.5 Å². The summed E-state index contributed by atoms with van der Waals surface area (Å²) in [6.07, 6.45) is -3.90. The topological polar surface area (TPSA) is 164 Å². The summed E-state index contributed by atoms with van der Waals surface area (Å²) in [6, 6.07) is -0.838. The number of likely N-dealkylation sites (N-methyl/N-ethyl adjacent to an activating group) is 1. The maximum atomic E-state index is 14.0. The molecule has 0 unspecified atom stereocenters. The van der Waals surface area contributed by atoms with E-state index in [-0.39, 0.29) is 31.6 Å². The molecule has 0 bridgehead atoms. The Morgan fingerprint density at radius 3 is 2.25 bits per heavy atom. The van der Waals surface area contributed by atoms with Crippen LogP contribution in [0, 0.1) is 17.8 Å². The van der Waals surface area contributed by atoms with Gasteiger partial charge in [-0.3, -0.25) is 14.4 Å². The lowest BCUT2D eigenvalue weighted by Gasteiger charge is -2.47. The highest BCUT2D eigenvalue weighted by molar-refractivity contribution is 6.00. The van der Waals surface area contributed by atoms with Gasteiger partial charge in [-0.1, -0.05) is 26.8 Å². The van der Waals surface area contributed by atoms with Gasteiger partial charge >= 0.3 is 5.97 Å². The number of amides is 1. The maximum absolute atomic E-state index is 14.0. The van der Waals surface area contributed by atoms with E-state index in [0.717, 1.165) is 0 Å². The van der Waals surface area contributed by atoms with Crippen molar-refractivity contribution in [2.24, 2.45) is 17.8 Å². The number of esters is 1. The molecule has 2 aliphatic heterocycles. The zero-order chi connectivity index (χ0) is 33.7. The van der Waals surface area contributed by atoms with Crippen LogP contribution in [0.5, 0.6) is 0 Å². The van der Waals surface area contributed by atoms with E-state index in [1.165, 1.54) is 20.8 Å². The number of carbonyl (C=O) groups is 3. The van der Waals surface area contributed by atoms with Crippen molar-refractivity contribution in [1.29, 1.82) is 0 Å². The van der Waals surface area contributed by atoms with Gasteiger partial charge in [0, 0.05) is 18.0 Å². The summed E-state index contributed by atoms with van der Waals surface area (Å²) in [5, 5.41) is 36.5. The largest absolute Gasteiger partial charge is 0.459 e. The first kappa shape index (κ1) is 38.3. The summed E-state index contributed by atoms with van der Waals surface area (Å²) in [6.45, 7) is 16.7. The highest BCUT2D eigenvalue weighted by Gasteiger charge is 2.51. The first-order chi connectivity index (χ1) is 20.3. The van der Waals surface area contributed by atoms with Crippen LogP contribution in [0.15, 0.2) is 12.7 Å². The number of Topliss-reactive ketones (excluding diaryl/α,β-unsaturated/α-hetero) is 1. The summed E-state index contributed by atoms with van der Waals surface area (Å²) in [7, 11) is 3.71. The molecule has 0 aromatic heterocycles. The van der Waals surface area contributed by atoms with E-state index in [4.69, 9.17) is 18.9 Å². The third-order valence-electron chi connectivity index (χ3n) is 9.24. The fourth-order valence-corrected chi connectivity index (χ4v) is 6.49. The Hall–Kier alpha value is -1.93. The molecular weight excluding hydrogens is 572 g/mol. The molecule has 0 aromatic carbocycles. The fourth-order valence-electron chi connectivity index (χ4n) is 6.49. The van der Waals surface area contributed by atoms with Gasteiger partial charge in [0.1, 0.15) is 23.7 Å². The zero-order valence-electron chi connectivity index (χ0n) is 28.1. The lowest BCUT2D eigenvalue weighted by molar-refractivity contribution is -0.296. The van der Waals surface area contributed by atoms with E-state index in [0.29, 0.717) is 6.42 Å². The fraction of sp³-hybridized carbons (Fsp3) is 0.844.